The lowest BCUT2D eigenvalue weighted by atomic mass is 9.76. The van der Waals surface area contributed by atoms with Crippen molar-refractivity contribution in [2.75, 3.05) is 14.2 Å². The van der Waals surface area contributed by atoms with Crippen LogP contribution in [-0.2, 0) is 16.8 Å². The van der Waals surface area contributed by atoms with Crippen LogP contribution in [0.1, 0.15) is 70.8 Å². The van der Waals surface area contributed by atoms with Gasteiger partial charge in [0.2, 0.25) is 0 Å². The number of unbranched alkanes of at least 4 members (excludes halogenated alkanes) is 3. The van der Waals surface area contributed by atoms with Crippen molar-refractivity contribution in [2.24, 2.45) is 0 Å². The van der Waals surface area contributed by atoms with Crippen LogP contribution in [0.3, 0.4) is 0 Å². The fourth-order valence-electron chi connectivity index (χ4n) is 5.22. The Labute approximate surface area is 200 Å². The van der Waals surface area contributed by atoms with Crippen molar-refractivity contribution >= 4 is 5.97 Å². The summed E-state index contributed by atoms with van der Waals surface area (Å²) in [5, 5.41) is 0. The predicted molar refractivity (Wildman–Crippen MR) is 130 cm³/mol. The van der Waals surface area contributed by atoms with E-state index in [1.165, 1.54) is 12.8 Å². The lowest BCUT2D eigenvalue weighted by Gasteiger charge is -2.37. The minimum atomic E-state index is -1.09. The van der Waals surface area contributed by atoms with Gasteiger partial charge in [-0.15, -0.1) is 0 Å². The normalized spacial score (nSPS) is 17.5. The van der Waals surface area contributed by atoms with Crippen LogP contribution in [-0.4, -0.2) is 20.2 Å². The van der Waals surface area contributed by atoms with Crippen LogP contribution in [0.15, 0.2) is 48.5 Å². The number of aryl methyl sites for hydroxylation is 2. The summed E-state index contributed by atoms with van der Waals surface area (Å²) in [6, 6.07) is 15.5. The largest absolute Gasteiger partial charge is 0.496 e. The molecule has 176 valence electrons. The summed E-state index contributed by atoms with van der Waals surface area (Å²) in [6.45, 7) is 4.19. The molecule has 1 unspecified atom stereocenters. The number of rotatable bonds is 7. The molecule has 0 saturated carbocycles. The zero-order valence-electron chi connectivity index (χ0n) is 20.2. The van der Waals surface area contributed by atoms with Crippen molar-refractivity contribution in [3.63, 3.8) is 0 Å². The zero-order chi connectivity index (χ0) is 23.9. The van der Waals surface area contributed by atoms with Gasteiger partial charge < -0.3 is 18.9 Å². The molecule has 0 amide bonds. The average molecular weight is 459 g/mol. The highest BCUT2D eigenvalue weighted by atomic mass is 16.6. The highest BCUT2D eigenvalue weighted by molar-refractivity contribution is 5.97. The van der Waals surface area contributed by atoms with Crippen LogP contribution in [0, 0.1) is 6.92 Å². The van der Waals surface area contributed by atoms with Crippen molar-refractivity contribution in [3.8, 4) is 23.0 Å². The number of hydrogen-bond acceptors (Lipinski definition) is 5. The fraction of sp³-hybridized carbons (Fsp3) is 0.345. The first-order valence-corrected chi connectivity index (χ1v) is 11.9. The van der Waals surface area contributed by atoms with Crippen molar-refractivity contribution in [1.29, 1.82) is 0 Å². The van der Waals surface area contributed by atoms with Crippen LogP contribution in [0.4, 0.5) is 0 Å². The van der Waals surface area contributed by atoms with E-state index in [-0.39, 0.29) is 5.97 Å². The number of methoxy groups -OCH3 is 2. The van der Waals surface area contributed by atoms with Crippen molar-refractivity contribution in [1.82, 2.24) is 0 Å². The monoisotopic (exact) mass is 458 g/mol. The van der Waals surface area contributed by atoms with Crippen LogP contribution in [0.25, 0.3) is 0 Å². The minimum Gasteiger partial charge on any atom is -0.496 e. The number of ether oxygens (including phenoxy) is 4. The molecule has 5 nitrogen and oxygen atoms in total. The molecule has 3 aromatic carbocycles. The Morgan fingerprint density at radius 2 is 1.56 bits per heavy atom. The molecule has 3 aromatic rings. The van der Waals surface area contributed by atoms with Gasteiger partial charge in [-0.25, -0.2) is 4.79 Å². The summed E-state index contributed by atoms with van der Waals surface area (Å²) in [5.74, 6) is 2.40. The Hall–Kier alpha value is -3.47. The van der Waals surface area contributed by atoms with Gasteiger partial charge in [0.25, 0.3) is 0 Å². The molecular formula is C29H30O5. The highest BCUT2D eigenvalue weighted by Gasteiger charge is 2.54. The van der Waals surface area contributed by atoms with E-state index >= 15 is 0 Å². The standard InChI is InChI=1S/C29H30O5/c1-5-6-7-8-11-19-15-23-27(17-25(19)32-4)33-26-16-24(31-3)18(2)14-22(26)29(23)21-13-10-9-12-20(21)28(30)34-29/h9-10,12-17H,5-8,11H2,1-4H3. The third-order valence-corrected chi connectivity index (χ3v) is 6.93. The molecule has 0 fully saturated rings. The van der Waals surface area contributed by atoms with Crippen molar-refractivity contribution in [2.45, 2.75) is 51.6 Å². The third kappa shape index (κ3) is 3.33. The summed E-state index contributed by atoms with van der Waals surface area (Å²) in [6.07, 6.45) is 5.51. The predicted octanol–water partition coefficient (Wildman–Crippen LogP) is 6.70. The molecule has 0 aliphatic carbocycles. The zero-order valence-corrected chi connectivity index (χ0v) is 20.2. The SMILES string of the molecule is CCCCCCc1cc2c(cc1OC)Oc1cc(OC)c(C)cc1C21OC(=O)c2ccccc21. The molecule has 34 heavy (non-hydrogen) atoms. The van der Waals surface area contributed by atoms with Gasteiger partial charge in [0, 0.05) is 28.8 Å². The van der Waals surface area contributed by atoms with Crippen molar-refractivity contribution < 1.29 is 23.7 Å². The van der Waals surface area contributed by atoms with E-state index in [9.17, 15) is 4.79 Å². The molecule has 0 radical (unpaired) electrons. The van der Waals surface area contributed by atoms with E-state index in [0.29, 0.717) is 17.1 Å². The number of carbonyl (C=O) groups excluding carboxylic acids is 1. The summed E-state index contributed by atoms with van der Waals surface area (Å²) in [7, 11) is 3.32. The second-order valence-electron chi connectivity index (χ2n) is 9.01. The Kier molecular flexibility index (Phi) is 5.72. The minimum absolute atomic E-state index is 0.330. The third-order valence-electron chi connectivity index (χ3n) is 6.93. The van der Waals surface area contributed by atoms with Gasteiger partial charge in [-0.05, 0) is 49.1 Å². The number of benzene rings is 3. The second kappa shape index (κ2) is 8.71. The number of fused-ring (bicyclic) bond motifs is 6. The van der Waals surface area contributed by atoms with E-state index in [0.717, 1.165) is 58.6 Å². The molecule has 2 aliphatic heterocycles. The number of hydrogen-bond donors (Lipinski definition) is 0. The fourth-order valence-corrected chi connectivity index (χ4v) is 5.22. The van der Waals surface area contributed by atoms with E-state index in [2.05, 4.69) is 13.0 Å². The summed E-state index contributed by atoms with van der Waals surface area (Å²) in [4.78, 5) is 13.1. The Morgan fingerprint density at radius 1 is 0.853 bits per heavy atom. The second-order valence-corrected chi connectivity index (χ2v) is 9.01. The van der Waals surface area contributed by atoms with Gasteiger partial charge in [-0.1, -0.05) is 44.4 Å². The summed E-state index contributed by atoms with van der Waals surface area (Å²) in [5.41, 5.74) is 3.99. The van der Waals surface area contributed by atoms with Crippen LogP contribution < -0.4 is 14.2 Å². The first kappa shape index (κ1) is 22.3. The maximum atomic E-state index is 13.1. The molecule has 0 aromatic heterocycles. The Bertz CT molecular complexity index is 1260. The maximum Gasteiger partial charge on any atom is 0.340 e. The molecule has 0 N–H and O–H groups in total. The van der Waals surface area contributed by atoms with Crippen LogP contribution in [0.2, 0.25) is 0 Å². The lowest BCUT2D eigenvalue weighted by molar-refractivity contribution is 0.0223. The topological polar surface area (TPSA) is 54.0 Å². The summed E-state index contributed by atoms with van der Waals surface area (Å²) < 4.78 is 24.0. The lowest BCUT2D eigenvalue weighted by Crippen LogP contribution is -2.33. The molecule has 5 rings (SSSR count). The van der Waals surface area contributed by atoms with E-state index in [1.54, 1.807) is 14.2 Å². The molecule has 2 aliphatic rings. The van der Waals surface area contributed by atoms with Gasteiger partial charge in [-0.3, -0.25) is 0 Å². The maximum absolute atomic E-state index is 13.1. The number of carbonyl (C=O) groups is 1. The molecule has 2 heterocycles. The van der Waals surface area contributed by atoms with Gasteiger partial charge >= 0.3 is 5.97 Å². The molecule has 5 heteroatoms. The van der Waals surface area contributed by atoms with E-state index < -0.39 is 5.60 Å². The van der Waals surface area contributed by atoms with Gasteiger partial charge in [-0.2, -0.15) is 0 Å². The van der Waals surface area contributed by atoms with Gasteiger partial charge in [0.05, 0.1) is 19.8 Å². The quantitative estimate of drug-likeness (QED) is 0.291. The first-order chi connectivity index (χ1) is 16.5. The summed E-state index contributed by atoms with van der Waals surface area (Å²) >= 11 is 0. The van der Waals surface area contributed by atoms with E-state index in [4.69, 9.17) is 18.9 Å². The highest BCUT2D eigenvalue weighted by Crippen LogP contribution is 2.58. The van der Waals surface area contributed by atoms with Gasteiger partial charge in [0.15, 0.2) is 5.60 Å². The average Bonchev–Trinajstić information content (AvgIpc) is 3.15. The Morgan fingerprint density at radius 3 is 2.29 bits per heavy atom. The smallest absolute Gasteiger partial charge is 0.340 e. The van der Waals surface area contributed by atoms with E-state index in [1.807, 2.05) is 49.4 Å². The molecule has 1 atom stereocenters. The van der Waals surface area contributed by atoms with Gasteiger partial charge in [0.1, 0.15) is 23.0 Å². The molecular weight excluding hydrogens is 428 g/mol. The number of esters is 1. The first-order valence-electron chi connectivity index (χ1n) is 11.9. The Balaban J connectivity index is 1.75. The molecule has 0 bridgehead atoms. The van der Waals surface area contributed by atoms with Crippen LogP contribution >= 0.6 is 0 Å². The van der Waals surface area contributed by atoms with Crippen molar-refractivity contribution in [3.05, 3.63) is 81.9 Å². The molecule has 0 saturated heterocycles. The van der Waals surface area contributed by atoms with Crippen LogP contribution in [0.5, 0.6) is 23.0 Å². The molecule has 1 spiro atoms.